The van der Waals surface area contributed by atoms with Crippen LogP contribution in [0, 0.1) is 5.92 Å². The van der Waals surface area contributed by atoms with Crippen molar-refractivity contribution in [1.82, 2.24) is 19.7 Å². The second kappa shape index (κ2) is 7.61. The van der Waals surface area contributed by atoms with Gasteiger partial charge in [-0.2, -0.15) is 0 Å². The minimum absolute atomic E-state index is 0.0424. The molecule has 0 spiro atoms. The summed E-state index contributed by atoms with van der Waals surface area (Å²) in [7, 11) is 0. The van der Waals surface area contributed by atoms with E-state index in [1.807, 2.05) is 17.9 Å². The average molecular weight is 360 g/mol. The number of carbonyl (C=O) groups excluding carboxylic acids is 2. The number of rotatable bonds is 5. The van der Waals surface area contributed by atoms with Gasteiger partial charge < -0.3 is 14.8 Å². The summed E-state index contributed by atoms with van der Waals surface area (Å²) in [4.78, 5) is 45.1. The maximum atomic E-state index is 12.8. The molecule has 1 N–H and O–H groups in total. The van der Waals surface area contributed by atoms with Gasteiger partial charge in [0.15, 0.2) is 0 Å². The first-order chi connectivity index (χ1) is 12.4. The molecule has 3 heterocycles. The first-order valence-corrected chi connectivity index (χ1v) is 9.42. The number of nitrogens with zero attached hydrogens (tertiary/aromatic N) is 3. The van der Waals surface area contributed by atoms with E-state index >= 15 is 0 Å². The van der Waals surface area contributed by atoms with E-state index in [9.17, 15) is 14.4 Å². The number of piperazine rings is 1. The van der Waals surface area contributed by atoms with Crippen LogP contribution in [-0.4, -0.2) is 63.3 Å². The van der Waals surface area contributed by atoms with Crippen LogP contribution in [-0.2, 0) is 16.1 Å². The molecule has 0 aromatic carbocycles. The van der Waals surface area contributed by atoms with Gasteiger partial charge in [-0.25, -0.2) is 0 Å². The lowest BCUT2D eigenvalue weighted by atomic mass is 10.0. The van der Waals surface area contributed by atoms with Gasteiger partial charge in [-0.3, -0.25) is 19.3 Å². The molecule has 2 saturated heterocycles. The van der Waals surface area contributed by atoms with Crippen molar-refractivity contribution in [2.45, 2.75) is 52.4 Å². The Morgan fingerprint density at radius 3 is 2.69 bits per heavy atom. The van der Waals surface area contributed by atoms with Crippen molar-refractivity contribution in [3.63, 3.8) is 0 Å². The summed E-state index contributed by atoms with van der Waals surface area (Å²) in [5.41, 5.74) is 0.873. The number of aromatic amines is 1. The van der Waals surface area contributed by atoms with Crippen molar-refractivity contribution in [2.24, 2.45) is 5.92 Å². The second-order valence-corrected chi connectivity index (χ2v) is 7.50. The topological polar surface area (TPSA) is 76.7 Å². The Kier molecular flexibility index (Phi) is 5.46. The van der Waals surface area contributed by atoms with Gasteiger partial charge in [0.1, 0.15) is 12.2 Å². The number of nitrogens with one attached hydrogen (secondary N) is 1. The predicted octanol–water partition coefficient (Wildman–Crippen LogP) is 1.01. The monoisotopic (exact) mass is 360 g/mol. The molecule has 0 aliphatic carbocycles. The zero-order valence-electron chi connectivity index (χ0n) is 15.8. The predicted molar refractivity (Wildman–Crippen MR) is 98.2 cm³/mol. The molecule has 0 radical (unpaired) electrons. The molecule has 7 heteroatoms. The van der Waals surface area contributed by atoms with Crippen molar-refractivity contribution in [2.75, 3.05) is 19.6 Å². The number of fused-ring (bicyclic) bond motifs is 1. The third-order valence-corrected chi connectivity index (χ3v) is 5.58. The molecule has 2 aliphatic heterocycles. The Labute approximate surface area is 154 Å². The summed E-state index contributed by atoms with van der Waals surface area (Å²) < 4.78 is 0. The number of H-pyrrole nitrogens is 1. The summed E-state index contributed by atoms with van der Waals surface area (Å²) in [5, 5.41) is 0. The molecule has 2 fully saturated rings. The highest BCUT2D eigenvalue weighted by molar-refractivity contribution is 5.89. The van der Waals surface area contributed by atoms with Crippen LogP contribution in [0.4, 0.5) is 0 Å². The van der Waals surface area contributed by atoms with Gasteiger partial charge in [0.25, 0.3) is 0 Å². The molecule has 2 amide bonds. The first-order valence-electron chi connectivity index (χ1n) is 9.42. The van der Waals surface area contributed by atoms with E-state index in [0.29, 0.717) is 32.0 Å². The molecule has 3 rings (SSSR count). The number of amides is 2. The zero-order valence-corrected chi connectivity index (χ0v) is 15.8. The van der Waals surface area contributed by atoms with Gasteiger partial charge in [0.05, 0.1) is 6.54 Å². The van der Waals surface area contributed by atoms with E-state index in [0.717, 1.165) is 18.5 Å². The fourth-order valence-corrected chi connectivity index (χ4v) is 3.84. The average Bonchev–Trinajstić information content (AvgIpc) is 2.63. The van der Waals surface area contributed by atoms with E-state index in [1.54, 1.807) is 11.1 Å². The maximum absolute atomic E-state index is 12.8. The van der Waals surface area contributed by atoms with Gasteiger partial charge in [0, 0.05) is 38.3 Å². The van der Waals surface area contributed by atoms with Crippen LogP contribution in [0.3, 0.4) is 0 Å². The molecule has 1 aromatic heterocycles. The molecule has 7 nitrogen and oxygen atoms in total. The molecule has 3 unspecified atom stereocenters. The van der Waals surface area contributed by atoms with Crippen LogP contribution >= 0.6 is 0 Å². The van der Waals surface area contributed by atoms with E-state index in [-0.39, 0.29) is 23.5 Å². The third kappa shape index (κ3) is 3.67. The van der Waals surface area contributed by atoms with Gasteiger partial charge >= 0.3 is 0 Å². The maximum Gasteiger partial charge on any atom is 0.247 e. The molecule has 26 heavy (non-hydrogen) atoms. The highest BCUT2D eigenvalue weighted by Crippen LogP contribution is 2.27. The summed E-state index contributed by atoms with van der Waals surface area (Å²) >= 11 is 0. The number of pyridine rings is 1. The lowest BCUT2D eigenvalue weighted by molar-refractivity contribution is -0.169. The van der Waals surface area contributed by atoms with E-state index in [4.69, 9.17) is 0 Å². The van der Waals surface area contributed by atoms with Crippen molar-refractivity contribution in [3.8, 4) is 0 Å². The van der Waals surface area contributed by atoms with Crippen LogP contribution in [0.5, 0.6) is 0 Å². The number of hydrogen-bond acceptors (Lipinski definition) is 4. The normalized spacial score (nSPS) is 25.3. The van der Waals surface area contributed by atoms with Crippen molar-refractivity contribution >= 4 is 11.8 Å². The summed E-state index contributed by atoms with van der Waals surface area (Å²) in [6.45, 7) is 8.68. The lowest BCUT2D eigenvalue weighted by Gasteiger charge is -2.52. The quantitative estimate of drug-likeness (QED) is 0.850. The Bertz CT molecular complexity index is 711. The van der Waals surface area contributed by atoms with Crippen LogP contribution in [0.15, 0.2) is 23.1 Å². The van der Waals surface area contributed by atoms with Gasteiger partial charge in [-0.15, -0.1) is 0 Å². The highest BCUT2D eigenvalue weighted by Gasteiger charge is 2.45. The Balaban J connectivity index is 1.81. The fourth-order valence-electron chi connectivity index (χ4n) is 3.84. The molecule has 2 aliphatic rings. The Morgan fingerprint density at radius 1 is 1.27 bits per heavy atom. The number of hydrogen-bond donors (Lipinski definition) is 1. The molecule has 3 atom stereocenters. The van der Waals surface area contributed by atoms with Crippen LogP contribution < -0.4 is 5.56 Å². The number of aromatic nitrogens is 1. The van der Waals surface area contributed by atoms with Crippen LogP contribution in [0.2, 0.25) is 0 Å². The molecular formula is C19H28N4O3. The lowest BCUT2D eigenvalue weighted by Crippen LogP contribution is -2.69. The highest BCUT2D eigenvalue weighted by atomic mass is 16.2. The van der Waals surface area contributed by atoms with Crippen molar-refractivity contribution < 1.29 is 9.59 Å². The molecule has 0 saturated carbocycles. The summed E-state index contributed by atoms with van der Waals surface area (Å²) in [5.74, 6) is 0.530. The first kappa shape index (κ1) is 18.6. The Hall–Kier alpha value is -2.15. The largest absolute Gasteiger partial charge is 0.337 e. The van der Waals surface area contributed by atoms with Gasteiger partial charge in [0.2, 0.25) is 17.4 Å². The van der Waals surface area contributed by atoms with Gasteiger partial charge in [-0.1, -0.05) is 26.3 Å². The smallest absolute Gasteiger partial charge is 0.247 e. The number of carbonyl (C=O) groups is 2. The SMILES string of the molecule is CCC(C)CN1CC2N(Cc3ccc(=O)[nH]c3)CCC(=O)N2C(C)C1=O. The minimum Gasteiger partial charge on any atom is -0.337 e. The van der Waals surface area contributed by atoms with E-state index in [2.05, 4.69) is 23.7 Å². The fraction of sp³-hybridized carbons (Fsp3) is 0.632. The molecule has 0 bridgehead atoms. The van der Waals surface area contributed by atoms with Crippen LogP contribution in [0.25, 0.3) is 0 Å². The molecule has 142 valence electrons. The minimum atomic E-state index is -0.427. The zero-order chi connectivity index (χ0) is 18.8. The molecular weight excluding hydrogens is 332 g/mol. The van der Waals surface area contributed by atoms with E-state index < -0.39 is 6.04 Å². The third-order valence-electron chi connectivity index (χ3n) is 5.58. The second-order valence-electron chi connectivity index (χ2n) is 7.50. The summed E-state index contributed by atoms with van der Waals surface area (Å²) in [6.07, 6.45) is 3.05. The van der Waals surface area contributed by atoms with Gasteiger partial charge in [-0.05, 0) is 18.4 Å². The standard InChI is InChI=1S/C19H28N4O3/c1-4-13(2)10-22-12-17-21(11-15-5-6-16(24)20-9-15)8-7-18(25)23(17)14(3)19(22)26/h5-6,9,13-14,17H,4,7-8,10-12H2,1-3H3,(H,20,24). The van der Waals surface area contributed by atoms with Crippen molar-refractivity contribution in [1.29, 1.82) is 0 Å². The molecule has 1 aromatic rings. The van der Waals surface area contributed by atoms with Crippen molar-refractivity contribution in [3.05, 3.63) is 34.2 Å². The van der Waals surface area contributed by atoms with Crippen LogP contribution in [0.1, 0.15) is 39.2 Å². The summed E-state index contributed by atoms with van der Waals surface area (Å²) in [6, 6.07) is 2.90. The Morgan fingerprint density at radius 2 is 2.04 bits per heavy atom. The van der Waals surface area contributed by atoms with E-state index in [1.165, 1.54) is 6.07 Å².